The van der Waals surface area contributed by atoms with Crippen molar-refractivity contribution < 1.29 is 28.7 Å². The second-order valence-electron chi connectivity index (χ2n) is 7.35. The number of hydrogen-bond donors (Lipinski definition) is 0. The predicted octanol–water partition coefficient (Wildman–Crippen LogP) is 1.49. The molecule has 1 atom stereocenters. The maximum Gasteiger partial charge on any atom is 0.338 e. The number of ether oxygens (including phenoxy) is 2. The van der Waals surface area contributed by atoms with Crippen LogP contribution in [0.5, 0.6) is 0 Å². The summed E-state index contributed by atoms with van der Waals surface area (Å²) < 4.78 is 9.73. The predicted molar refractivity (Wildman–Crippen MR) is 103 cm³/mol. The fourth-order valence-electron chi connectivity index (χ4n) is 4.69. The Labute approximate surface area is 169 Å². The minimum absolute atomic E-state index is 0.0567. The van der Waals surface area contributed by atoms with E-state index in [4.69, 9.17) is 9.47 Å². The molecule has 2 aliphatic rings. The van der Waals surface area contributed by atoms with Gasteiger partial charge in [0.25, 0.3) is 5.91 Å². The molecule has 29 heavy (non-hydrogen) atoms. The standard InChI is InChI=1S/C21H26N2O6/c1-4-23-17(24)13-16(20(27)29-3)21(23)9-11-22(12-10-21)18(25)14-7-5-6-8-15(14)19(26)28-2/h5-8,16H,4,9-13H2,1-3H3. The molecule has 2 fully saturated rings. The van der Waals surface area contributed by atoms with Crippen LogP contribution in [0.4, 0.5) is 0 Å². The van der Waals surface area contributed by atoms with E-state index in [1.54, 1.807) is 34.1 Å². The van der Waals surface area contributed by atoms with Gasteiger partial charge in [0.15, 0.2) is 0 Å². The average Bonchev–Trinajstić information content (AvgIpc) is 3.03. The van der Waals surface area contributed by atoms with E-state index in [-0.39, 0.29) is 35.3 Å². The van der Waals surface area contributed by atoms with Crippen molar-refractivity contribution in [2.75, 3.05) is 33.9 Å². The van der Waals surface area contributed by atoms with Gasteiger partial charge in [-0.3, -0.25) is 14.4 Å². The van der Waals surface area contributed by atoms with Crippen molar-refractivity contribution in [3.63, 3.8) is 0 Å². The van der Waals surface area contributed by atoms with Crippen LogP contribution in [0.2, 0.25) is 0 Å². The lowest BCUT2D eigenvalue weighted by Crippen LogP contribution is -2.58. The van der Waals surface area contributed by atoms with E-state index in [1.807, 2.05) is 6.92 Å². The Hall–Kier alpha value is -2.90. The van der Waals surface area contributed by atoms with E-state index < -0.39 is 17.4 Å². The molecule has 1 aromatic rings. The smallest absolute Gasteiger partial charge is 0.338 e. The zero-order valence-electron chi connectivity index (χ0n) is 17.0. The van der Waals surface area contributed by atoms with Crippen LogP contribution < -0.4 is 0 Å². The van der Waals surface area contributed by atoms with Crippen molar-refractivity contribution in [1.82, 2.24) is 9.80 Å². The molecule has 2 aliphatic heterocycles. The van der Waals surface area contributed by atoms with Gasteiger partial charge >= 0.3 is 11.9 Å². The molecule has 0 radical (unpaired) electrons. The number of carbonyl (C=O) groups excluding carboxylic acids is 4. The summed E-state index contributed by atoms with van der Waals surface area (Å²) in [6.07, 6.45) is 1.11. The second kappa shape index (κ2) is 8.23. The van der Waals surface area contributed by atoms with Gasteiger partial charge < -0.3 is 19.3 Å². The highest BCUT2D eigenvalue weighted by Gasteiger charge is 2.56. The number of likely N-dealkylation sites (tertiary alicyclic amines) is 2. The lowest BCUT2D eigenvalue weighted by molar-refractivity contribution is -0.150. The highest BCUT2D eigenvalue weighted by Crippen LogP contribution is 2.44. The van der Waals surface area contributed by atoms with E-state index in [0.29, 0.717) is 32.5 Å². The third-order valence-corrected chi connectivity index (χ3v) is 6.15. The molecule has 0 bridgehead atoms. The van der Waals surface area contributed by atoms with Crippen LogP contribution in [0.15, 0.2) is 24.3 Å². The molecule has 1 aromatic carbocycles. The van der Waals surface area contributed by atoms with Crippen LogP contribution >= 0.6 is 0 Å². The molecule has 3 rings (SSSR count). The van der Waals surface area contributed by atoms with Crippen molar-refractivity contribution in [3.8, 4) is 0 Å². The number of benzene rings is 1. The van der Waals surface area contributed by atoms with Gasteiger partial charge in [0.2, 0.25) is 5.91 Å². The molecule has 2 heterocycles. The van der Waals surface area contributed by atoms with Crippen molar-refractivity contribution in [2.24, 2.45) is 5.92 Å². The number of methoxy groups -OCH3 is 2. The Bertz CT molecular complexity index is 826. The molecule has 0 saturated carbocycles. The zero-order chi connectivity index (χ0) is 21.2. The number of carbonyl (C=O) groups is 4. The lowest BCUT2D eigenvalue weighted by atomic mass is 9.76. The minimum Gasteiger partial charge on any atom is -0.469 e. The number of nitrogens with zero attached hydrogens (tertiary/aromatic N) is 2. The molecule has 2 saturated heterocycles. The Morgan fingerprint density at radius 1 is 1.07 bits per heavy atom. The topological polar surface area (TPSA) is 93.2 Å². The van der Waals surface area contributed by atoms with Crippen molar-refractivity contribution in [2.45, 2.75) is 31.7 Å². The fourth-order valence-corrected chi connectivity index (χ4v) is 4.69. The largest absolute Gasteiger partial charge is 0.469 e. The Kier molecular flexibility index (Phi) is 5.91. The maximum absolute atomic E-state index is 13.1. The fraction of sp³-hybridized carbons (Fsp3) is 0.524. The Morgan fingerprint density at radius 3 is 2.24 bits per heavy atom. The van der Waals surface area contributed by atoms with Crippen LogP contribution in [-0.2, 0) is 19.1 Å². The van der Waals surface area contributed by atoms with Crippen molar-refractivity contribution >= 4 is 23.8 Å². The van der Waals surface area contributed by atoms with E-state index in [0.717, 1.165) is 0 Å². The summed E-state index contributed by atoms with van der Waals surface area (Å²) in [6, 6.07) is 6.55. The molecular formula is C21H26N2O6. The van der Waals surface area contributed by atoms with E-state index in [2.05, 4.69) is 0 Å². The first-order valence-corrected chi connectivity index (χ1v) is 9.74. The first-order valence-electron chi connectivity index (χ1n) is 9.74. The molecule has 2 amide bonds. The summed E-state index contributed by atoms with van der Waals surface area (Å²) in [7, 11) is 2.61. The van der Waals surface area contributed by atoms with Crippen LogP contribution in [-0.4, -0.2) is 72.9 Å². The van der Waals surface area contributed by atoms with E-state index in [9.17, 15) is 19.2 Å². The summed E-state index contributed by atoms with van der Waals surface area (Å²) >= 11 is 0. The lowest BCUT2D eigenvalue weighted by Gasteiger charge is -2.46. The van der Waals surface area contributed by atoms with Crippen LogP contribution in [0.1, 0.15) is 46.9 Å². The van der Waals surface area contributed by atoms with E-state index in [1.165, 1.54) is 14.2 Å². The number of esters is 2. The summed E-state index contributed by atoms with van der Waals surface area (Å²) in [5, 5.41) is 0. The second-order valence-corrected chi connectivity index (χ2v) is 7.35. The van der Waals surface area contributed by atoms with Gasteiger partial charge in [-0.05, 0) is 31.9 Å². The molecule has 1 unspecified atom stereocenters. The minimum atomic E-state index is -0.627. The summed E-state index contributed by atoms with van der Waals surface area (Å²) in [5.74, 6) is -1.79. The van der Waals surface area contributed by atoms with Crippen molar-refractivity contribution in [1.29, 1.82) is 0 Å². The first-order chi connectivity index (χ1) is 13.9. The van der Waals surface area contributed by atoms with Crippen molar-refractivity contribution in [3.05, 3.63) is 35.4 Å². The number of rotatable bonds is 4. The van der Waals surface area contributed by atoms with Crippen LogP contribution in [0, 0.1) is 5.92 Å². The third-order valence-electron chi connectivity index (χ3n) is 6.15. The maximum atomic E-state index is 13.1. The van der Waals surface area contributed by atoms with Gasteiger partial charge in [0.1, 0.15) is 0 Å². The van der Waals surface area contributed by atoms with Gasteiger partial charge in [-0.1, -0.05) is 12.1 Å². The Balaban J connectivity index is 1.82. The average molecular weight is 402 g/mol. The first kappa shape index (κ1) is 20.8. The summed E-state index contributed by atoms with van der Waals surface area (Å²) in [5.41, 5.74) is -0.119. The molecule has 0 N–H and O–H groups in total. The highest BCUT2D eigenvalue weighted by molar-refractivity contribution is 6.05. The van der Waals surface area contributed by atoms with Gasteiger partial charge in [-0.15, -0.1) is 0 Å². The highest BCUT2D eigenvalue weighted by atomic mass is 16.5. The third kappa shape index (κ3) is 3.47. The van der Waals surface area contributed by atoms with Crippen LogP contribution in [0.3, 0.4) is 0 Å². The monoisotopic (exact) mass is 402 g/mol. The normalized spacial score (nSPS) is 20.7. The molecule has 8 heteroatoms. The summed E-state index contributed by atoms with van der Waals surface area (Å²) in [4.78, 5) is 53.3. The Morgan fingerprint density at radius 2 is 1.69 bits per heavy atom. The molecule has 1 spiro atoms. The molecule has 0 aliphatic carbocycles. The summed E-state index contributed by atoms with van der Waals surface area (Å²) in [6.45, 7) is 3.16. The van der Waals surface area contributed by atoms with Gasteiger partial charge in [0, 0.05) is 26.1 Å². The van der Waals surface area contributed by atoms with Gasteiger partial charge in [-0.2, -0.15) is 0 Å². The number of amides is 2. The quantitative estimate of drug-likeness (QED) is 0.709. The van der Waals surface area contributed by atoms with Gasteiger partial charge in [0.05, 0.1) is 36.8 Å². The van der Waals surface area contributed by atoms with Gasteiger partial charge in [-0.25, -0.2) is 4.79 Å². The number of piperidine rings is 1. The number of hydrogen-bond acceptors (Lipinski definition) is 6. The zero-order valence-corrected chi connectivity index (χ0v) is 17.0. The molecular weight excluding hydrogens is 376 g/mol. The molecule has 0 aromatic heterocycles. The van der Waals surface area contributed by atoms with Crippen LogP contribution in [0.25, 0.3) is 0 Å². The molecule has 156 valence electrons. The SMILES string of the molecule is CCN1C(=O)CC(C(=O)OC)C12CCN(C(=O)c1ccccc1C(=O)OC)CC2. The van der Waals surface area contributed by atoms with E-state index >= 15 is 0 Å². The molecule has 8 nitrogen and oxygen atoms in total.